The first-order valence-corrected chi connectivity index (χ1v) is 14.7. The summed E-state index contributed by atoms with van der Waals surface area (Å²) < 4.78 is 22.6. The third kappa shape index (κ3) is 8.44. The van der Waals surface area contributed by atoms with Crippen molar-refractivity contribution in [2.24, 2.45) is 26.7 Å². The van der Waals surface area contributed by atoms with E-state index in [9.17, 15) is 24.0 Å². The van der Waals surface area contributed by atoms with Crippen LogP contribution in [-0.4, -0.2) is 41.5 Å². The highest BCUT2D eigenvalue weighted by molar-refractivity contribution is 6.26. The fraction of sp³-hybridized carbons (Fsp3) is 0.486. The van der Waals surface area contributed by atoms with Crippen molar-refractivity contribution in [3.63, 3.8) is 0 Å². The number of aliphatic imine (C=N–C) groups is 1. The summed E-state index contributed by atoms with van der Waals surface area (Å²) in [4.78, 5) is 69.8. The SMILES string of the molecule is CC(C)(C)C(=O)Oc1ccc2c(c1)N=C(c1ccc(OC(=O)C(C)(C)C)c(OC(=O)C(C)(C)C)c1)C(OC(=O)C(C)(C)C)C2=O. The molecule has 0 aromatic heterocycles. The highest BCUT2D eigenvalue weighted by atomic mass is 16.6. The molecule has 0 amide bonds. The second kappa shape index (κ2) is 12.2. The molecule has 1 aliphatic heterocycles. The maximum absolute atomic E-state index is 13.9. The summed E-state index contributed by atoms with van der Waals surface area (Å²) in [5.41, 5.74) is -2.79. The van der Waals surface area contributed by atoms with Crippen molar-refractivity contribution >= 4 is 41.1 Å². The predicted octanol–water partition coefficient (Wildman–Crippen LogP) is 6.82. The second-order valence-corrected chi connectivity index (χ2v) is 15.2. The van der Waals surface area contributed by atoms with Gasteiger partial charge in [0.05, 0.1) is 33.1 Å². The number of rotatable bonds is 5. The van der Waals surface area contributed by atoms with Gasteiger partial charge in [-0.05, 0) is 113 Å². The van der Waals surface area contributed by atoms with Gasteiger partial charge in [-0.15, -0.1) is 0 Å². The number of carbonyl (C=O) groups is 5. The summed E-state index contributed by atoms with van der Waals surface area (Å²) in [5, 5.41) is 0. The zero-order chi connectivity index (χ0) is 34.3. The summed E-state index contributed by atoms with van der Waals surface area (Å²) in [5.74, 6) is -2.73. The Kier molecular flexibility index (Phi) is 9.54. The first kappa shape index (κ1) is 35.1. The van der Waals surface area contributed by atoms with Crippen molar-refractivity contribution in [3.8, 4) is 17.2 Å². The van der Waals surface area contributed by atoms with E-state index in [1.807, 2.05) is 0 Å². The zero-order valence-corrected chi connectivity index (χ0v) is 28.2. The number of ether oxygens (including phenoxy) is 4. The van der Waals surface area contributed by atoms with Gasteiger partial charge in [-0.25, -0.2) is 4.99 Å². The second-order valence-electron chi connectivity index (χ2n) is 15.2. The van der Waals surface area contributed by atoms with E-state index >= 15 is 0 Å². The Hall–Kier alpha value is -4.34. The minimum atomic E-state index is -1.44. The van der Waals surface area contributed by atoms with E-state index in [1.165, 1.54) is 36.4 Å². The lowest BCUT2D eigenvalue weighted by Gasteiger charge is -2.28. The zero-order valence-electron chi connectivity index (χ0n) is 28.2. The van der Waals surface area contributed by atoms with Crippen molar-refractivity contribution in [1.29, 1.82) is 0 Å². The highest BCUT2D eigenvalue weighted by Gasteiger charge is 2.39. The number of fused-ring (bicyclic) bond motifs is 1. The van der Waals surface area contributed by atoms with Gasteiger partial charge in [0.1, 0.15) is 5.75 Å². The Morgan fingerprint density at radius 3 is 1.60 bits per heavy atom. The summed E-state index contributed by atoms with van der Waals surface area (Å²) in [6.45, 7) is 20.2. The molecule has 242 valence electrons. The van der Waals surface area contributed by atoms with E-state index < -0.39 is 57.4 Å². The summed E-state index contributed by atoms with van der Waals surface area (Å²) in [6, 6.07) is 8.76. The van der Waals surface area contributed by atoms with Crippen LogP contribution in [0.2, 0.25) is 0 Å². The van der Waals surface area contributed by atoms with Crippen molar-refractivity contribution in [3.05, 3.63) is 47.5 Å². The van der Waals surface area contributed by atoms with Crippen LogP contribution in [0, 0.1) is 21.7 Å². The molecule has 0 radical (unpaired) electrons. The largest absolute Gasteiger partial charge is 0.447 e. The van der Waals surface area contributed by atoms with Crippen LogP contribution in [0.1, 0.15) is 99.0 Å². The molecule has 0 saturated carbocycles. The fourth-order valence-electron chi connectivity index (χ4n) is 3.54. The van der Waals surface area contributed by atoms with Gasteiger partial charge in [0.15, 0.2) is 11.5 Å². The molecule has 1 aliphatic rings. The number of Topliss-reactive ketones (excluding diaryl/α,β-unsaturated/α-hetero) is 1. The van der Waals surface area contributed by atoms with Gasteiger partial charge in [0, 0.05) is 17.2 Å². The molecule has 10 nitrogen and oxygen atoms in total. The van der Waals surface area contributed by atoms with Gasteiger partial charge in [0.2, 0.25) is 11.9 Å². The van der Waals surface area contributed by atoms with Gasteiger partial charge in [0.25, 0.3) is 0 Å². The molecule has 0 N–H and O–H groups in total. The molecule has 2 aromatic rings. The normalized spacial score (nSPS) is 15.4. The summed E-state index contributed by atoms with van der Waals surface area (Å²) in [7, 11) is 0. The van der Waals surface area contributed by atoms with Crippen LogP contribution in [0.5, 0.6) is 17.2 Å². The third-order valence-corrected chi connectivity index (χ3v) is 6.49. The van der Waals surface area contributed by atoms with Gasteiger partial charge < -0.3 is 18.9 Å². The maximum Gasteiger partial charge on any atom is 0.316 e. The molecule has 2 aromatic carbocycles. The van der Waals surface area contributed by atoms with Crippen LogP contribution in [-0.2, 0) is 23.9 Å². The molecule has 0 bridgehead atoms. The fourth-order valence-corrected chi connectivity index (χ4v) is 3.54. The van der Waals surface area contributed by atoms with E-state index in [-0.39, 0.29) is 39.8 Å². The molecular weight excluding hydrogens is 578 g/mol. The molecular formula is C35H43NO9. The van der Waals surface area contributed by atoms with Crippen LogP contribution in [0.4, 0.5) is 5.69 Å². The van der Waals surface area contributed by atoms with Crippen LogP contribution in [0.25, 0.3) is 0 Å². The molecule has 0 fully saturated rings. The average Bonchev–Trinajstić information content (AvgIpc) is 2.88. The standard InChI is InChI=1S/C35H43NO9/c1-32(2,3)28(38)42-20-14-15-21-22(18-20)36-25(27(26(21)37)45-31(41)35(10,11)12)19-13-16-23(43-29(39)33(4,5)6)24(17-19)44-30(40)34(7,8)9/h13-18,27H,1-12H3. The molecule has 3 rings (SSSR count). The van der Waals surface area contributed by atoms with Gasteiger partial charge in [-0.3, -0.25) is 24.0 Å². The quantitative estimate of drug-likeness (QED) is 0.260. The summed E-state index contributed by atoms with van der Waals surface area (Å²) >= 11 is 0. The number of hydrogen-bond acceptors (Lipinski definition) is 10. The smallest absolute Gasteiger partial charge is 0.316 e. The average molecular weight is 622 g/mol. The minimum Gasteiger partial charge on any atom is -0.447 e. The van der Waals surface area contributed by atoms with E-state index in [1.54, 1.807) is 83.1 Å². The monoisotopic (exact) mass is 621 g/mol. The van der Waals surface area contributed by atoms with Gasteiger partial charge in [-0.1, -0.05) is 0 Å². The first-order valence-electron chi connectivity index (χ1n) is 14.7. The Labute approximate surface area is 264 Å². The molecule has 45 heavy (non-hydrogen) atoms. The first-order chi connectivity index (χ1) is 20.4. The van der Waals surface area contributed by atoms with Crippen molar-refractivity contribution in [1.82, 2.24) is 0 Å². The minimum absolute atomic E-state index is 0.0148. The third-order valence-electron chi connectivity index (χ3n) is 6.49. The number of benzene rings is 2. The topological polar surface area (TPSA) is 135 Å². The van der Waals surface area contributed by atoms with Crippen LogP contribution >= 0.6 is 0 Å². The van der Waals surface area contributed by atoms with Crippen molar-refractivity contribution < 1.29 is 42.9 Å². The lowest BCUT2D eigenvalue weighted by atomic mass is 9.91. The van der Waals surface area contributed by atoms with E-state index in [4.69, 9.17) is 23.9 Å². The summed E-state index contributed by atoms with van der Waals surface area (Å²) in [6.07, 6.45) is -1.44. The Morgan fingerprint density at radius 1 is 0.600 bits per heavy atom. The van der Waals surface area contributed by atoms with Gasteiger partial charge >= 0.3 is 23.9 Å². The number of hydrogen-bond donors (Lipinski definition) is 0. The Bertz CT molecular complexity index is 1570. The predicted molar refractivity (Wildman–Crippen MR) is 168 cm³/mol. The molecule has 0 aliphatic carbocycles. The van der Waals surface area contributed by atoms with Gasteiger partial charge in [-0.2, -0.15) is 0 Å². The number of nitrogens with zero attached hydrogens (tertiary/aromatic N) is 1. The van der Waals surface area contributed by atoms with Crippen LogP contribution < -0.4 is 14.2 Å². The van der Waals surface area contributed by atoms with Crippen LogP contribution in [0.3, 0.4) is 0 Å². The van der Waals surface area contributed by atoms with Crippen LogP contribution in [0.15, 0.2) is 41.4 Å². The number of esters is 4. The Balaban J connectivity index is 2.21. The van der Waals surface area contributed by atoms with Crippen molar-refractivity contribution in [2.75, 3.05) is 0 Å². The van der Waals surface area contributed by atoms with E-state index in [0.717, 1.165) is 0 Å². The molecule has 1 unspecified atom stereocenters. The molecule has 10 heteroatoms. The molecule has 0 spiro atoms. The van der Waals surface area contributed by atoms with E-state index in [0.29, 0.717) is 0 Å². The molecule has 1 atom stereocenters. The maximum atomic E-state index is 13.9. The van der Waals surface area contributed by atoms with Crippen molar-refractivity contribution in [2.45, 2.75) is 89.2 Å². The lowest BCUT2D eigenvalue weighted by Crippen LogP contribution is -2.40. The number of carbonyl (C=O) groups excluding carboxylic acids is 5. The van der Waals surface area contributed by atoms with E-state index in [2.05, 4.69) is 0 Å². The molecule has 0 saturated heterocycles. The lowest BCUT2D eigenvalue weighted by molar-refractivity contribution is -0.153. The number of ketones is 1. The highest BCUT2D eigenvalue weighted by Crippen LogP contribution is 2.37. The molecule has 1 heterocycles. The Morgan fingerprint density at radius 2 is 1.09 bits per heavy atom.